The third-order valence-corrected chi connectivity index (χ3v) is 5.97. The van der Waals surface area contributed by atoms with E-state index < -0.39 is 0 Å². The quantitative estimate of drug-likeness (QED) is 0.869. The summed E-state index contributed by atoms with van der Waals surface area (Å²) in [6.07, 6.45) is 3.64. The van der Waals surface area contributed by atoms with E-state index in [0.29, 0.717) is 6.42 Å². The molecule has 2 aromatic heterocycles. The van der Waals surface area contributed by atoms with E-state index >= 15 is 0 Å². The summed E-state index contributed by atoms with van der Waals surface area (Å²) in [5.74, 6) is 0.284. The fourth-order valence-electron chi connectivity index (χ4n) is 3.82. The van der Waals surface area contributed by atoms with Crippen LogP contribution in [0.4, 0.5) is 5.00 Å². The van der Waals surface area contributed by atoms with Crippen LogP contribution in [0.5, 0.6) is 0 Å². The SMILES string of the molecule is Cc1ccc(N2C[C@]3(CCN(Cc4ccccn4)C3)CC2=O)s1. The number of anilines is 1. The number of hydrogen-bond donors (Lipinski definition) is 0. The summed E-state index contributed by atoms with van der Waals surface area (Å²) in [6.45, 7) is 5.89. The Morgan fingerprint density at radius 1 is 1.26 bits per heavy atom. The zero-order chi connectivity index (χ0) is 15.9. The average Bonchev–Trinajstić information content (AvgIpc) is 3.21. The molecule has 0 radical (unpaired) electrons. The molecule has 5 heteroatoms. The minimum Gasteiger partial charge on any atom is -0.303 e. The average molecular weight is 327 g/mol. The minimum absolute atomic E-state index is 0.129. The minimum atomic E-state index is 0.129. The van der Waals surface area contributed by atoms with Crippen molar-refractivity contribution in [2.75, 3.05) is 24.5 Å². The van der Waals surface area contributed by atoms with Crippen molar-refractivity contribution in [1.29, 1.82) is 0 Å². The van der Waals surface area contributed by atoms with Gasteiger partial charge in [0, 0.05) is 42.5 Å². The summed E-state index contributed by atoms with van der Waals surface area (Å²) in [6, 6.07) is 10.2. The van der Waals surface area contributed by atoms with Crippen LogP contribution in [-0.2, 0) is 11.3 Å². The van der Waals surface area contributed by atoms with Crippen LogP contribution in [0.1, 0.15) is 23.4 Å². The summed E-state index contributed by atoms with van der Waals surface area (Å²) in [5.41, 5.74) is 1.24. The summed E-state index contributed by atoms with van der Waals surface area (Å²) >= 11 is 1.72. The van der Waals surface area contributed by atoms with Crippen LogP contribution in [0, 0.1) is 12.3 Å². The van der Waals surface area contributed by atoms with Crippen LogP contribution in [0.25, 0.3) is 0 Å². The molecule has 4 rings (SSSR count). The number of aromatic nitrogens is 1. The Morgan fingerprint density at radius 2 is 2.17 bits per heavy atom. The van der Waals surface area contributed by atoms with Crippen LogP contribution in [-0.4, -0.2) is 35.4 Å². The maximum absolute atomic E-state index is 12.5. The van der Waals surface area contributed by atoms with Crippen LogP contribution in [0.3, 0.4) is 0 Å². The van der Waals surface area contributed by atoms with Gasteiger partial charge in [0.15, 0.2) is 0 Å². The summed E-state index contributed by atoms with van der Waals surface area (Å²) < 4.78 is 0. The second kappa shape index (κ2) is 5.73. The molecule has 2 saturated heterocycles. The van der Waals surface area contributed by atoms with Crippen LogP contribution in [0.2, 0.25) is 0 Å². The number of amides is 1. The van der Waals surface area contributed by atoms with Gasteiger partial charge in [-0.2, -0.15) is 0 Å². The number of aryl methyl sites for hydroxylation is 1. The Kier molecular flexibility index (Phi) is 3.70. The topological polar surface area (TPSA) is 36.4 Å². The highest BCUT2D eigenvalue weighted by molar-refractivity contribution is 7.16. The molecule has 0 saturated carbocycles. The fourth-order valence-corrected chi connectivity index (χ4v) is 4.70. The van der Waals surface area contributed by atoms with Crippen molar-refractivity contribution in [2.24, 2.45) is 5.41 Å². The lowest BCUT2D eigenvalue weighted by Gasteiger charge is -2.23. The summed E-state index contributed by atoms with van der Waals surface area (Å²) in [4.78, 5) is 22.6. The van der Waals surface area contributed by atoms with Gasteiger partial charge in [-0.05, 0) is 44.2 Å². The standard InChI is InChI=1S/C18H21N3OS/c1-14-5-6-17(23-14)21-13-18(10-16(21)22)7-9-20(12-18)11-15-4-2-3-8-19-15/h2-6,8H,7,9-13H2,1H3/t18-/m1/s1. The maximum atomic E-state index is 12.5. The molecule has 120 valence electrons. The van der Waals surface area contributed by atoms with Gasteiger partial charge in [0.2, 0.25) is 5.91 Å². The molecule has 2 aromatic rings. The van der Waals surface area contributed by atoms with E-state index in [-0.39, 0.29) is 11.3 Å². The fraction of sp³-hybridized carbons (Fsp3) is 0.444. The Balaban J connectivity index is 1.45. The number of thiophene rings is 1. The molecule has 4 nitrogen and oxygen atoms in total. The Morgan fingerprint density at radius 3 is 2.91 bits per heavy atom. The third kappa shape index (κ3) is 2.91. The van der Waals surface area contributed by atoms with E-state index in [1.54, 1.807) is 11.3 Å². The van der Waals surface area contributed by atoms with Crippen LogP contribution >= 0.6 is 11.3 Å². The molecule has 1 spiro atoms. The van der Waals surface area contributed by atoms with Gasteiger partial charge >= 0.3 is 0 Å². The van der Waals surface area contributed by atoms with Gasteiger partial charge in [0.25, 0.3) is 0 Å². The molecule has 2 fully saturated rings. The maximum Gasteiger partial charge on any atom is 0.228 e. The number of rotatable bonds is 3. The van der Waals surface area contributed by atoms with Crippen molar-refractivity contribution < 1.29 is 4.79 Å². The van der Waals surface area contributed by atoms with Gasteiger partial charge in [0.1, 0.15) is 0 Å². The number of nitrogens with zero attached hydrogens (tertiary/aromatic N) is 3. The molecule has 2 aliphatic heterocycles. The highest BCUT2D eigenvalue weighted by atomic mass is 32.1. The third-order valence-electron chi connectivity index (χ3n) is 4.94. The molecule has 1 amide bonds. The number of hydrogen-bond acceptors (Lipinski definition) is 4. The summed E-state index contributed by atoms with van der Waals surface area (Å²) in [7, 11) is 0. The Bertz CT molecular complexity index is 714. The molecule has 0 bridgehead atoms. The van der Waals surface area contributed by atoms with Crippen molar-refractivity contribution in [3.05, 3.63) is 47.1 Å². The predicted octanol–water partition coefficient (Wildman–Crippen LogP) is 3.08. The van der Waals surface area contributed by atoms with E-state index in [0.717, 1.165) is 43.3 Å². The molecular weight excluding hydrogens is 306 g/mol. The first-order valence-corrected chi connectivity index (χ1v) is 8.94. The molecular formula is C18H21N3OS. The number of carbonyl (C=O) groups excluding carboxylic acids is 1. The van der Waals surface area contributed by atoms with Crippen LogP contribution in [0.15, 0.2) is 36.5 Å². The number of pyridine rings is 1. The van der Waals surface area contributed by atoms with Crippen molar-refractivity contribution in [3.63, 3.8) is 0 Å². The number of likely N-dealkylation sites (tertiary alicyclic amines) is 1. The van der Waals surface area contributed by atoms with E-state index in [1.807, 2.05) is 23.2 Å². The predicted molar refractivity (Wildman–Crippen MR) is 92.6 cm³/mol. The molecule has 4 heterocycles. The summed E-state index contributed by atoms with van der Waals surface area (Å²) in [5, 5.41) is 1.10. The molecule has 2 aliphatic rings. The first-order chi connectivity index (χ1) is 11.1. The van der Waals surface area contributed by atoms with Gasteiger partial charge in [-0.1, -0.05) is 6.07 Å². The van der Waals surface area contributed by atoms with Crippen LogP contribution < -0.4 is 4.90 Å². The van der Waals surface area contributed by atoms with Crippen molar-refractivity contribution >= 4 is 22.2 Å². The van der Waals surface area contributed by atoms with Gasteiger partial charge < -0.3 is 4.90 Å². The zero-order valence-electron chi connectivity index (χ0n) is 13.4. The van der Waals surface area contributed by atoms with E-state index in [9.17, 15) is 4.79 Å². The van der Waals surface area contributed by atoms with E-state index in [2.05, 4.69) is 35.0 Å². The number of carbonyl (C=O) groups is 1. The van der Waals surface area contributed by atoms with Gasteiger partial charge in [-0.15, -0.1) is 11.3 Å². The molecule has 1 atom stereocenters. The molecule has 0 aromatic carbocycles. The lowest BCUT2D eigenvalue weighted by molar-refractivity contribution is -0.117. The molecule has 23 heavy (non-hydrogen) atoms. The van der Waals surface area contributed by atoms with Gasteiger partial charge in [-0.25, -0.2) is 0 Å². The van der Waals surface area contributed by atoms with Gasteiger partial charge in [0.05, 0.1) is 10.7 Å². The first kappa shape index (κ1) is 14.8. The lowest BCUT2D eigenvalue weighted by atomic mass is 9.86. The lowest BCUT2D eigenvalue weighted by Crippen LogP contribution is -2.31. The second-order valence-electron chi connectivity index (χ2n) is 6.82. The highest BCUT2D eigenvalue weighted by Gasteiger charge is 2.47. The zero-order valence-corrected chi connectivity index (χ0v) is 14.2. The highest BCUT2D eigenvalue weighted by Crippen LogP contribution is 2.43. The Hall–Kier alpha value is -1.72. The smallest absolute Gasteiger partial charge is 0.228 e. The largest absolute Gasteiger partial charge is 0.303 e. The molecule has 0 N–H and O–H groups in total. The normalized spacial score (nSPS) is 24.9. The van der Waals surface area contributed by atoms with Crippen molar-refractivity contribution in [3.8, 4) is 0 Å². The first-order valence-electron chi connectivity index (χ1n) is 8.13. The van der Waals surface area contributed by atoms with Crippen molar-refractivity contribution in [1.82, 2.24) is 9.88 Å². The van der Waals surface area contributed by atoms with E-state index in [4.69, 9.17) is 0 Å². The Labute approximate surface area is 140 Å². The molecule has 0 aliphatic carbocycles. The van der Waals surface area contributed by atoms with Crippen molar-refractivity contribution in [2.45, 2.75) is 26.3 Å². The second-order valence-corrected chi connectivity index (χ2v) is 8.09. The van der Waals surface area contributed by atoms with Gasteiger partial charge in [-0.3, -0.25) is 14.7 Å². The van der Waals surface area contributed by atoms with E-state index in [1.165, 1.54) is 4.88 Å². The molecule has 0 unspecified atom stereocenters. The monoisotopic (exact) mass is 327 g/mol.